The van der Waals surface area contributed by atoms with Gasteiger partial charge in [0.05, 0.1) is 12.2 Å². The number of rotatable bonds is 5. The van der Waals surface area contributed by atoms with E-state index in [1.54, 1.807) is 67.2 Å². The predicted octanol–water partition coefficient (Wildman–Crippen LogP) is 3.25. The Kier molecular flexibility index (Phi) is 5.28. The van der Waals surface area contributed by atoms with E-state index < -0.39 is 0 Å². The first-order chi connectivity index (χ1) is 10.5. The molecule has 0 saturated carbocycles. The maximum Gasteiger partial charge on any atom is 0.338 e. The third-order valence-corrected chi connectivity index (χ3v) is 3.57. The first kappa shape index (κ1) is 16.2. The van der Waals surface area contributed by atoms with E-state index in [0.717, 1.165) is 0 Å². The van der Waals surface area contributed by atoms with E-state index >= 15 is 0 Å². The van der Waals surface area contributed by atoms with Crippen molar-refractivity contribution >= 4 is 23.4 Å². The smallest absolute Gasteiger partial charge is 0.338 e. The lowest BCUT2D eigenvalue weighted by atomic mass is 10.1. The van der Waals surface area contributed by atoms with Gasteiger partial charge in [-0.05, 0) is 31.2 Å². The Morgan fingerprint density at radius 2 is 1.68 bits per heavy atom. The molecule has 0 bridgehead atoms. The summed E-state index contributed by atoms with van der Waals surface area (Å²) in [7, 11) is 0. The fourth-order valence-corrected chi connectivity index (χ4v) is 2.16. The van der Waals surface area contributed by atoms with Crippen LogP contribution in [0.1, 0.15) is 40.6 Å². The lowest BCUT2D eigenvalue weighted by Crippen LogP contribution is -2.41. The van der Waals surface area contributed by atoms with Crippen molar-refractivity contribution in [2.24, 2.45) is 0 Å². The number of Topliss-reactive ketones (excluding diaryl/α,β-unsaturated/α-hetero) is 1. The van der Waals surface area contributed by atoms with Crippen LogP contribution in [-0.2, 0) is 4.74 Å². The number of benzene rings is 1. The molecular weight excluding hydrogens is 302 g/mol. The third kappa shape index (κ3) is 3.71. The molecule has 0 fully saturated rings. The zero-order valence-corrected chi connectivity index (χ0v) is 13.2. The van der Waals surface area contributed by atoms with Crippen molar-refractivity contribution in [1.82, 2.24) is 0 Å². The summed E-state index contributed by atoms with van der Waals surface area (Å²) in [4.78, 5) is 24.0. The van der Waals surface area contributed by atoms with Gasteiger partial charge in [-0.2, -0.15) is 4.57 Å². The van der Waals surface area contributed by atoms with Crippen molar-refractivity contribution < 1.29 is 18.9 Å². The molecule has 22 heavy (non-hydrogen) atoms. The summed E-state index contributed by atoms with van der Waals surface area (Å²) in [5.74, 6) is -0.392. The number of ketones is 1. The van der Waals surface area contributed by atoms with E-state index in [9.17, 15) is 9.59 Å². The Hall–Kier alpha value is -2.20. The maximum atomic E-state index is 12.4. The van der Waals surface area contributed by atoms with E-state index in [4.69, 9.17) is 16.3 Å². The SMILES string of the molecule is CCOC(=O)c1cc[n+]([C@@H](C)C(=O)c2ccc(Cl)cc2)cc1. The summed E-state index contributed by atoms with van der Waals surface area (Å²) in [6.45, 7) is 3.90. The Morgan fingerprint density at radius 3 is 2.23 bits per heavy atom. The van der Waals surface area contributed by atoms with Crippen LogP contribution in [0.3, 0.4) is 0 Å². The van der Waals surface area contributed by atoms with Crippen LogP contribution in [-0.4, -0.2) is 18.4 Å². The minimum absolute atomic E-state index is 0.0226. The summed E-state index contributed by atoms with van der Waals surface area (Å²) in [5, 5.41) is 0.593. The molecule has 0 unspecified atom stereocenters. The Balaban J connectivity index is 2.15. The maximum absolute atomic E-state index is 12.4. The van der Waals surface area contributed by atoms with E-state index in [-0.39, 0.29) is 17.8 Å². The van der Waals surface area contributed by atoms with Gasteiger partial charge in [0, 0.05) is 29.6 Å². The molecule has 0 amide bonds. The van der Waals surface area contributed by atoms with Crippen molar-refractivity contribution in [2.75, 3.05) is 6.61 Å². The average Bonchev–Trinajstić information content (AvgIpc) is 2.54. The molecule has 4 nitrogen and oxygen atoms in total. The molecule has 1 aromatic carbocycles. The summed E-state index contributed by atoms with van der Waals surface area (Å²) < 4.78 is 6.68. The van der Waals surface area contributed by atoms with Gasteiger partial charge in [-0.1, -0.05) is 11.6 Å². The standard InChI is InChI=1S/C17H17ClNO3/c1-3-22-17(21)14-8-10-19(11-9-14)12(2)16(20)13-4-6-15(18)7-5-13/h4-12H,3H2,1-2H3/q+1/t12-/m0/s1. The van der Waals surface area contributed by atoms with E-state index in [2.05, 4.69) is 0 Å². The number of pyridine rings is 1. The molecule has 0 aliphatic carbocycles. The normalized spacial score (nSPS) is 11.8. The molecule has 1 heterocycles. The number of hydrogen-bond acceptors (Lipinski definition) is 3. The average molecular weight is 319 g/mol. The number of hydrogen-bond donors (Lipinski definition) is 0. The molecule has 1 aromatic heterocycles. The van der Waals surface area contributed by atoms with Crippen molar-refractivity contribution in [3.8, 4) is 0 Å². The molecule has 0 N–H and O–H groups in total. The molecule has 0 spiro atoms. The first-order valence-corrected chi connectivity index (χ1v) is 7.38. The molecule has 0 aliphatic rings. The van der Waals surface area contributed by atoms with Crippen LogP contribution in [0.25, 0.3) is 0 Å². The predicted molar refractivity (Wildman–Crippen MR) is 83.1 cm³/mol. The van der Waals surface area contributed by atoms with Crippen LogP contribution in [0.5, 0.6) is 0 Å². The molecule has 5 heteroatoms. The number of esters is 1. The number of halogens is 1. The third-order valence-electron chi connectivity index (χ3n) is 3.32. The van der Waals surface area contributed by atoms with E-state index in [0.29, 0.717) is 22.8 Å². The number of aromatic nitrogens is 1. The fourth-order valence-electron chi connectivity index (χ4n) is 2.04. The van der Waals surface area contributed by atoms with Gasteiger partial charge in [0.1, 0.15) is 0 Å². The van der Waals surface area contributed by atoms with Gasteiger partial charge in [-0.3, -0.25) is 4.79 Å². The molecule has 0 saturated heterocycles. The van der Waals surface area contributed by atoms with Crippen LogP contribution in [0, 0.1) is 0 Å². The Morgan fingerprint density at radius 1 is 1.09 bits per heavy atom. The Labute approximate surface area is 134 Å². The van der Waals surface area contributed by atoms with Crippen LogP contribution >= 0.6 is 11.6 Å². The van der Waals surface area contributed by atoms with Crippen LogP contribution in [0.4, 0.5) is 0 Å². The first-order valence-electron chi connectivity index (χ1n) is 7.00. The summed E-state index contributed by atoms with van der Waals surface area (Å²) in [6, 6.07) is 9.69. The number of carbonyl (C=O) groups excluding carboxylic acids is 2. The van der Waals surface area contributed by atoms with Crippen LogP contribution < -0.4 is 4.57 Å². The van der Waals surface area contributed by atoms with Gasteiger partial charge >= 0.3 is 5.97 Å². The summed E-state index contributed by atoms with van der Waals surface area (Å²) in [6.07, 6.45) is 3.40. The van der Waals surface area contributed by atoms with Crippen molar-refractivity contribution in [3.05, 3.63) is 64.9 Å². The fraction of sp³-hybridized carbons (Fsp3) is 0.235. The second-order valence-electron chi connectivity index (χ2n) is 4.80. The minimum Gasteiger partial charge on any atom is -0.462 e. The second kappa shape index (κ2) is 7.18. The van der Waals surface area contributed by atoms with Crippen molar-refractivity contribution in [2.45, 2.75) is 19.9 Å². The molecule has 2 aromatic rings. The molecule has 1 atom stereocenters. The van der Waals surface area contributed by atoms with Gasteiger partial charge in [-0.15, -0.1) is 0 Å². The monoisotopic (exact) mass is 318 g/mol. The van der Waals surface area contributed by atoms with E-state index in [1.807, 2.05) is 0 Å². The molecular formula is C17H17ClNO3+. The van der Waals surface area contributed by atoms with Crippen molar-refractivity contribution in [3.63, 3.8) is 0 Å². The molecule has 2 rings (SSSR count). The van der Waals surface area contributed by atoms with Gasteiger partial charge in [0.25, 0.3) is 0 Å². The highest BCUT2D eigenvalue weighted by molar-refractivity contribution is 6.30. The van der Waals surface area contributed by atoms with Gasteiger partial charge in [0.15, 0.2) is 12.4 Å². The largest absolute Gasteiger partial charge is 0.462 e. The number of carbonyl (C=O) groups is 2. The zero-order chi connectivity index (χ0) is 16.1. The van der Waals surface area contributed by atoms with Gasteiger partial charge in [0.2, 0.25) is 11.8 Å². The van der Waals surface area contributed by atoms with Crippen molar-refractivity contribution in [1.29, 1.82) is 0 Å². The second-order valence-corrected chi connectivity index (χ2v) is 5.24. The summed E-state index contributed by atoms with van der Waals surface area (Å²) in [5.41, 5.74) is 1.06. The highest BCUT2D eigenvalue weighted by Gasteiger charge is 2.23. The molecule has 0 radical (unpaired) electrons. The van der Waals surface area contributed by atoms with E-state index in [1.165, 1.54) is 0 Å². The lowest BCUT2D eigenvalue weighted by Gasteiger charge is -2.07. The number of ether oxygens (including phenoxy) is 1. The minimum atomic E-state index is -0.377. The lowest BCUT2D eigenvalue weighted by molar-refractivity contribution is -0.704. The topological polar surface area (TPSA) is 47.2 Å². The highest BCUT2D eigenvalue weighted by atomic mass is 35.5. The van der Waals surface area contributed by atoms with Crippen LogP contribution in [0.15, 0.2) is 48.8 Å². The quantitative estimate of drug-likeness (QED) is 0.483. The van der Waals surface area contributed by atoms with Gasteiger partial charge in [-0.25, -0.2) is 4.79 Å². The number of nitrogens with zero attached hydrogens (tertiary/aromatic N) is 1. The summed E-state index contributed by atoms with van der Waals surface area (Å²) >= 11 is 5.83. The van der Waals surface area contributed by atoms with Gasteiger partial charge < -0.3 is 4.74 Å². The molecule has 114 valence electrons. The molecule has 0 aliphatic heterocycles. The Bertz CT molecular complexity index is 665. The highest BCUT2D eigenvalue weighted by Crippen LogP contribution is 2.13. The van der Waals surface area contributed by atoms with Crippen LogP contribution in [0.2, 0.25) is 5.02 Å². The zero-order valence-electron chi connectivity index (χ0n) is 12.5.